The zero-order valence-electron chi connectivity index (χ0n) is 41.1. The highest BCUT2D eigenvalue weighted by molar-refractivity contribution is 6.14. The van der Waals surface area contributed by atoms with Gasteiger partial charge in [-0.2, -0.15) is 0 Å². The van der Waals surface area contributed by atoms with Crippen LogP contribution in [0, 0.1) is 27.7 Å². The summed E-state index contributed by atoms with van der Waals surface area (Å²) in [6, 6.07) is 82.0. The van der Waals surface area contributed by atoms with Crippen LogP contribution in [-0.4, -0.2) is 23.7 Å². The van der Waals surface area contributed by atoms with E-state index in [2.05, 4.69) is 266 Å². The van der Waals surface area contributed by atoms with Crippen molar-refractivity contribution in [2.75, 3.05) is 0 Å². The van der Waals surface area contributed by atoms with Crippen molar-refractivity contribution in [1.82, 2.24) is 23.7 Å². The first-order valence-corrected chi connectivity index (χ1v) is 25.1. The minimum Gasteiger partial charge on any atom is -0.309 e. The van der Waals surface area contributed by atoms with Gasteiger partial charge < -0.3 is 13.7 Å². The summed E-state index contributed by atoms with van der Waals surface area (Å²) >= 11 is 0. The first-order valence-electron chi connectivity index (χ1n) is 25.1. The first kappa shape index (κ1) is 42.5. The van der Waals surface area contributed by atoms with Gasteiger partial charge in [-0.1, -0.05) is 157 Å². The lowest BCUT2D eigenvalue weighted by Crippen LogP contribution is -1.99. The molecule has 0 amide bonds. The SMILES string of the molecule is Cc1ccc(-c2cc(-c3c(C)cc(-c4ccc(-n5c6ccc(-n7c8ccccc8c8ccccc87)cc6c6cc(-n7c8ccccc8c8ccccc87)ccc65)cc4)cc3C)nc(-c3ccc(C)cc3)n2)cc1. The van der Waals surface area contributed by atoms with E-state index in [9.17, 15) is 0 Å². The Morgan fingerprint density at radius 3 is 1.11 bits per heavy atom. The second-order valence-corrected chi connectivity index (χ2v) is 19.7. The molecule has 0 fully saturated rings. The van der Waals surface area contributed by atoms with E-state index in [4.69, 9.17) is 9.97 Å². The van der Waals surface area contributed by atoms with E-state index >= 15 is 0 Å². The molecule has 4 heterocycles. The summed E-state index contributed by atoms with van der Waals surface area (Å²) in [5.41, 5.74) is 22.6. The molecule has 5 heteroatoms. The minimum atomic E-state index is 0.725. The molecule has 0 aliphatic carbocycles. The summed E-state index contributed by atoms with van der Waals surface area (Å²) in [5, 5.41) is 7.41. The molecule has 0 bridgehead atoms. The molecule has 5 nitrogen and oxygen atoms in total. The molecule has 0 saturated carbocycles. The molecule has 0 aliphatic rings. The van der Waals surface area contributed by atoms with Gasteiger partial charge in [0.05, 0.1) is 44.5 Å². The van der Waals surface area contributed by atoms with E-state index in [1.54, 1.807) is 0 Å². The van der Waals surface area contributed by atoms with Gasteiger partial charge in [0, 0.05) is 66.1 Å². The molecule has 346 valence electrons. The van der Waals surface area contributed by atoms with Crippen molar-refractivity contribution in [3.05, 3.63) is 247 Å². The average Bonchev–Trinajstić information content (AvgIpc) is 4.07. The molecule has 4 aromatic heterocycles. The van der Waals surface area contributed by atoms with Crippen molar-refractivity contribution >= 4 is 65.4 Å². The second-order valence-electron chi connectivity index (χ2n) is 19.7. The monoisotopic (exact) mass is 935 g/mol. The Labute approximate surface area is 423 Å². The van der Waals surface area contributed by atoms with Gasteiger partial charge in [0.1, 0.15) is 0 Å². The fourth-order valence-corrected chi connectivity index (χ4v) is 11.6. The summed E-state index contributed by atoms with van der Waals surface area (Å²) in [4.78, 5) is 10.3. The predicted octanol–water partition coefficient (Wildman–Crippen LogP) is 17.7. The zero-order chi connectivity index (χ0) is 48.9. The molecule has 14 aromatic rings. The molecule has 0 N–H and O–H groups in total. The smallest absolute Gasteiger partial charge is 0.160 e. The number of fused-ring (bicyclic) bond motifs is 9. The molecule has 0 radical (unpaired) electrons. The quantitative estimate of drug-likeness (QED) is 0.160. The lowest BCUT2D eigenvalue weighted by atomic mass is 9.93. The van der Waals surface area contributed by atoms with Crippen LogP contribution in [0.3, 0.4) is 0 Å². The van der Waals surface area contributed by atoms with Crippen LogP contribution in [0.25, 0.3) is 128 Å². The Kier molecular flexibility index (Phi) is 9.70. The second kappa shape index (κ2) is 16.6. The molecule has 0 aliphatic heterocycles. The molecule has 0 unspecified atom stereocenters. The number of nitrogens with zero attached hydrogens (tertiary/aromatic N) is 5. The third-order valence-electron chi connectivity index (χ3n) is 15.0. The largest absolute Gasteiger partial charge is 0.309 e. The number of benzene rings is 10. The van der Waals surface area contributed by atoms with Gasteiger partial charge in [0.15, 0.2) is 5.82 Å². The molecular weight excluding hydrogens is 887 g/mol. The number of hydrogen-bond donors (Lipinski definition) is 0. The molecule has 14 rings (SSSR count). The van der Waals surface area contributed by atoms with E-state index < -0.39 is 0 Å². The van der Waals surface area contributed by atoms with E-state index in [1.807, 2.05) is 0 Å². The average molecular weight is 936 g/mol. The summed E-state index contributed by atoms with van der Waals surface area (Å²) < 4.78 is 7.28. The van der Waals surface area contributed by atoms with Crippen molar-refractivity contribution in [3.8, 4) is 62.1 Å². The van der Waals surface area contributed by atoms with E-state index in [0.717, 1.165) is 67.6 Å². The van der Waals surface area contributed by atoms with Crippen LogP contribution in [0.1, 0.15) is 22.3 Å². The van der Waals surface area contributed by atoms with Crippen molar-refractivity contribution in [3.63, 3.8) is 0 Å². The third-order valence-corrected chi connectivity index (χ3v) is 15.0. The maximum atomic E-state index is 5.24. The van der Waals surface area contributed by atoms with Crippen molar-refractivity contribution < 1.29 is 0 Å². The Morgan fingerprint density at radius 2 is 0.644 bits per heavy atom. The molecule has 10 aromatic carbocycles. The lowest BCUT2D eigenvalue weighted by Gasteiger charge is -2.16. The van der Waals surface area contributed by atoms with Crippen LogP contribution >= 0.6 is 0 Å². The fourth-order valence-electron chi connectivity index (χ4n) is 11.6. The Hall–Kier alpha value is -9.32. The van der Waals surface area contributed by atoms with Crippen molar-refractivity contribution in [2.45, 2.75) is 27.7 Å². The summed E-state index contributed by atoms with van der Waals surface area (Å²) in [5.74, 6) is 0.725. The highest BCUT2D eigenvalue weighted by atomic mass is 15.0. The van der Waals surface area contributed by atoms with Crippen LogP contribution in [0.15, 0.2) is 224 Å². The molecule has 0 atom stereocenters. The van der Waals surface area contributed by atoms with Crippen LogP contribution in [0.2, 0.25) is 0 Å². The topological polar surface area (TPSA) is 40.6 Å². The van der Waals surface area contributed by atoms with Crippen LogP contribution in [0.4, 0.5) is 0 Å². The van der Waals surface area contributed by atoms with Crippen molar-refractivity contribution in [1.29, 1.82) is 0 Å². The predicted molar refractivity (Wildman–Crippen MR) is 306 cm³/mol. The van der Waals surface area contributed by atoms with Gasteiger partial charge in [-0.25, -0.2) is 9.97 Å². The summed E-state index contributed by atoms with van der Waals surface area (Å²) in [6.45, 7) is 8.64. The van der Waals surface area contributed by atoms with Gasteiger partial charge in [0.25, 0.3) is 0 Å². The Bertz CT molecular complexity index is 4140. The normalized spacial score (nSPS) is 11.8. The number of aryl methyl sites for hydroxylation is 4. The zero-order valence-corrected chi connectivity index (χ0v) is 41.1. The van der Waals surface area contributed by atoms with Gasteiger partial charge in [-0.3, -0.25) is 0 Å². The van der Waals surface area contributed by atoms with Gasteiger partial charge in [-0.15, -0.1) is 0 Å². The summed E-state index contributed by atoms with van der Waals surface area (Å²) in [7, 11) is 0. The number of hydrogen-bond acceptors (Lipinski definition) is 2. The van der Waals surface area contributed by atoms with E-state index in [-0.39, 0.29) is 0 Å². The third kappa shape index (κ3) is 6.92. The number of para-hydroxylation sites is 4. The Morgan fingerprint density at radius 1 is 0.274 bits per heavy atom. The van der Waals surface area contributed by atoms with Crippen molar-refractivity contribution in [2.24, 2.45) is 0 Å². The molecule has 73 heavy (non-hydrogen) atoms. The van der Waals surface area contributed by atoms with E-state index in [0.29, 0.717) is 0 Å². The number of aromatic nitrogens is 5. The maximum absolute atomic E-state index is 5.24. The Balaban J connectivity index is 0.901. The maximum Gasteiger partial charge on any atom is 0.160 e. The van der Waals surface area contributed by atoms with Gasteiger partial charge >= 0.3 is 0 Å². The standard InChI is InChI=1S/C68H49N5/c1-42-21-25-47(26-22-42)59-41-60(70-68(69-59)48-27-23-43(2)24-28-48)67-44(3)37-49(38-45(67)4)46-29-31-50(32-30-46)71-65-35-33-51(72-61-17-9-5-13-53(61)54-14-6-10-18-62(54)72)39-57(65)58-40-52(34-36-66(58)71)73-63-19-11-7-15-55(63)56-16-8-12-20-64(56)73/h5-41H,1-4H3. The molecule has 0 saturated heterocycles. The van der Waals surface area contributed by atoms with Crippen LogP contribution in [0.5, 0.6) is 0 Å². The van der Waals surface area contributed by atoms with E-state index in [1.165, 1.54) is 82.2 Å². The lowest BCUT2D eigenvalue weighted by molar-refractivity contribution is 1.16. The fraction of sp³-hybridized carbons (Fsp3) is 0.0588. The van der Waals surface area contributed by atoms with Crippen LogP contribution < -0.4 is 0 Å². The molecule has 0 spiro atoms. The minimum absolute atomic E-state index is 0.725. The highest BCUT2D eigenvalue weighted by Gasteiger charge is 2.20. The van der Waals surface area contributed by atoms with Crippen LogP contribution in [-0.2, 0) is 0 Å². The highest BCUT2D eigenvalue weighted by Crippen LogP contribution is 2.41. The van der Waals surface area contributed by atoms with Gasteiger partial charge in [-0.05, 0) is 129 Å². The first-order chi connectivity index (χ1) is 35.8. The summed E-state index contributed by atoms with van der Waals surface area (Å²) in [6.07, 6.45) is 0. The molecular formula is C68H49N5. The van der Waals surface area contributed by atoms with Gasteiger partial charge in [0.2, 0.25) is 0 Å². The number of rotatable bonds is 7.